The molecule has 0 aliphatic heterocycles. The van der Waals surface area contributed by atoms with Gasteiger partial charge in [0, 0.05) is 10.6 Å². The van der Waals surface area contributed by atoms with E-state index in [0.717, 1.165) is 5.56 Å². The maximum Gasteiger partial charge on any atom is 0.312 e. The highest BCUT2D eigenvalue weighted by atomic mass is 35.5. The predicted octanol–water partition coefficient (Wildman–Crippen LogP) is 2.29. The Morgan fingerprint density at radius 2 is 1.73 bits per heavy atom. The summed E-state index contributed by atoms with van der Waals surface area (Å²) in [5.74, 6) is -1.09. The highest BCUT2D eigenvalue weighted by Gasteiger charge is 2.18. The Balaban J connectivity index is 1.58. The fourth-order valence-corrected chi connectivity index (χ4v) is 2.87. The first kappa shape index (κ1) is 20.9. The minimum absolute atomic E-state index is 0.150. The lowest BCUT2D eigenvalue weighted by Crippen LogP contribution is -2.44. The number of amides is 4. The van der Waals surface area contributed by atoms with Gasteiger partial charge in [-0.2, -0.15) is 5.10 Å². The highest BCUT2D eigenvalue weighted by molar-refractivity contribution is 6.30. The van der Waals surface area contributed by atoms with Crippen molar-refractivity contribution in [3.8, 4) is 11.3 Å². The van der Waals surface area contributed by atoms with Crippen LogP contribution < -0.4 is 21.9 Å². The molecule has 6 N–H and O–H groups in total. The maximum atomic E-state index is 12.3. The van der Waals surface area contributed by atoms with E-state index in [-0.39, 0.29) is 12.1 Å². The van der Waals surface area contributed by atoms with Gasteiger partial charge in [-0.1, -0.05) is 54.1 Å². The average molecular weight is 427 g/mol. The predicted molar refractivity (Wildman–Crippen MR) is 111 cm³/mol. The maximum absolute atomic E-state index is 12.3. The zero-order valence-corrected chi connectivity index (χ0v) is 16.4. The lowest BCUT2D eigenvalue weighted by atomic mass is 10.0. The number of benzene rings is 2. The van der Waals surface area contributed by atoms with E-state index in [4.69, 9.17) is 17.3 Å². The molecule has 0 saturated carbocycles. The largest absolute Gasteiger partial charge is 0.352 e. The molecule has 0 spiro atoms. The molecule has 3 rings (SSSR count). The number of hydrazine groups is 1. The van der Waals surface area contributed by atoms with E-state index < -0.39 is 23.9 Å². The second kappa shape index (κ2) is 9.57. The first-order valence-corrected chi connectivity index (χ1v) is 9.31. The third kappa shape index (κ3) is 5.58. The van der Waals surface area contributed by atoms with Gasteiger partial charge in [-0.05, 0) is 23.8 Å². The molecule has 4 amide bonds. The molecule has 0 unspecified atom stereocenters. The summed E-state index contributed by atoms with van der Waals surface area (Å²) in [5, 5.41) is 9.73. The Kier molecular flexibility index (Phi) is 6.66. The van der Waals surface area contributed by atoms with E-state index in [0.29, 0.717) is 16.3 Å². The molecule has 2 aromatic carbocycles. The van der Waals surface area contributed by atoms with Gasteiger partial charge in [-0.25, -0.2) is 4.79 Å². The number of rotatable bonds is 6. The minimum atomic E-state index is -0.780. The zero-order valence-electron chi connectivity index (χ0n) is 15.7. The van der Waals surface area contributed by atoms with Gasteiger partial charge in [0.1, 0.15) is 5.69 Å². The van der Waals surface area contributed by atoms with E-state index >= 15 is 0 Å². The third-order valence-electron chi connectivity index (χ3n) is 4.19. The standard InChI is InChI=1S/C20H19ClN6O3/c21-14-8-6-13(7-9-14)15(23-20(22)30)11-18(28)26-27-19(29)17-10-16(24-25-17)12-4-2-1-3-5-12/h1-10,15H,11H2,(H,24,25)(H,26,28)(H,27,29)(H3,22,23,30)/t15-/m1/s1. The molecular weight excluding hydrogens is 408 g/mol. The van der Waals surface area contributed by atoms with Crippen LogP contribution in [0, 0.1) is 0 Å². The number of halogens is 1. The fraction of sp³-hybridized carbons (Fsp3) is 0.100. The summed E-state index contributed by atoms with van der Waals surface area (Å²) in [6, 6.07) is 16.0. The van der Waals surface area contributed by atoms with Crippen molar-refractivity contribution in [2.75, 3.05) is 0 Å². The van der Waals surface area contributed by atoms with E-state index in [2.05, 4.69) is 26.4 Å². The molecule has 154 valence electrons. The summed E-state index contributed by atoms with van der Waals surface area (Å²) in [6.07, 6.45) is -0.150. The minimum Gasteiger partial charge on any atom is -0.352 e. The highest BCUT2D eigenvalue weighted by Crippen LogP contribution is 2.19. The van der Waals surface area contributed by atoms with Gasteiger partial charge < -0.3 is 11.1 Å². The Hall–Kier alpha value is -3.85. The van der Waals surface area contributed by atoms with Crippen molar-refractivity contribution in [3.63, 3.8) is 0 Å². The number of hydrogen-bond acceptors (Lipinski definition) is 4. The van der Waals surface area contributed by atoms with Gasteiger partial charge >= 0.3 is 6.03 Å². The van der Waals surface area contributed by atoms with Crippen LogP contribution >= 0.6 is 11.6 Å². The summed E-state index contributed by atoms with van der Waals surface area (Å²) in [5.41, 5.74) is 12.1. The van der Waals surface area contributed by atoms with Crippen molar-refractivity contribution in [1.29, 1.82) is 0 Å². The van der Waals surface area contributed by atoms with Crippen LogP contribution in [0.3, 0.4) is 0 Å². The zero-order chi connectivity index (χ0) is 21.5. The molecule has 9 nitrogen and oxygen atoms in total. The topological polar surface area (TPSA) is 142 Å². The monoisotopic (exact) mass is 426 g/mol. The molecular formula is C20H19ClN6O3. The molecule has 0 saturated heterocycles. The second-order valence-electron chi connectivity index (χ2n) is 6.35. The molecule has 10 heteroatoms. The van der Waals surface area contributed by atoms with Gasteiger partial charge in [0.05, 0.1) is 18.2 Å². The molecule has 0 aliphatic rings. The second-order valence-corrected chi connectivity index (χ2v) is 6.79. The summed E-state index contributed by atoms with van der Waals surface area (Å²) < 4.78 is 0. The number of carbonyl (C=O) groups excluding carboxylic acids is 3. The van der Waals surface area contributed by atoms with Crippen LogP contribution in [0.4, 0.5) is 4.79 Å². The van der Waals surface area contributed by atoms with Gasteiger partial charge in [0.25, 0.3) is 5.91 Å². The van der Waals surface area contributed by atoms with Crippen LogP contribution in [0.1, 0.15) is 28.5 Å². The Labute approximate surface area is 177 Å². The number of hydrogen-bond donors (Lipinski definition) is 5. The summed E-state index contributed by atoms with van der Waals surface area (Å²) >= 11 is 5.86. The van der Waals surface area contributed by atoms with Gasteiger partial charge in [0.2, 0.25) is 5.91 Å². The van der Waals surface area contributed by atoms with E-state index in [1.54, 1.807) is 30.3 Å². The third-order valence-corrected chi connectivity index (χ3v) is 4.44. The van der Waals surface area contributed by atoms with Crippen LogP contribution in [-0.4, -0.2) is 28.0 Å². The molecule has 30 heavy (non-hydrogen) atoms. The van der Waals surface area contributed by atoms with Gasteiger partial charge in [0.15, 0.2) is 0 Å². The summed E-state index contributed by atoms with van der Waals surface area (Å²) in [4.78, 5) is 35.8. The Bertz CT molecular complexity index is 1040. The van der Waals surface area contributed by atoms with Crippen LogP contribution in [0.5, 0.6) is 0 Å². The number of nitrogens with one attached hydrogen (secondary N) is 4. The number of H-pyrrole nitrogens is 1. The summed E-state index contributed by atoms with van der Waals surface area (Å²) in [6.45, 7) is 0. The van der Waals surface area contributed by atoms with E-state index in [1.807, 2.05) is 30.3 Å². The van der Waals surface area contributed by atoms with Crippen molar-refractivity contribution in [1.82, 2.24) is 26.4 Å². The first-order chi connectivity index (χ1) is 14.4. The lowest BCUT2D eigenvalue weighted by molar-refractivity contribution is -0.122. The number of primary amides is 1. The Morgan fingerprint density at radius 3 is 2.40 bits per heavy atom. The number of urea groups is 1. The molecule has 0 aliphatic carbocycles. The molecule has 0 radical (unpaired) electrons. The molecule has 1 atom stereocenters. The van der Waals surface area contributed by atoms with Crippen LogP contribution in [0.2, 0.25) is 5.02 Å². The SMILES string of the molecule is NC(=O)N[C@H](CC(=O)NNC(=O)c1cc(-c2ccccc2)n[nH]1)c1ccc(Cl)cc1. The lowest BCUT2D eigenvalue weighted by Gasteiger charge is -2.18. The van der Waals surface area contributed by atoms with Gasteiger partial charge in [-0.15, -0.1) is 0 Å². The summed E-state index contributed by atoms with van der Waals surface area (Å²) in [7, 11) is 0. The van der Waals surface area contributed by atoms with Crippen molar-refractivity contribution in [3.05, 3.63) is 76.9 Å². The van der Waals surface area contributed by atoms with Crippen molar-refractivity contribution in [2.45, 2.75) is 12.5 Å². The molecule has 1 heterocycles. The van der Waals surface area contributed by atoms with Crippen LogP contribution in [0.25, 0.3) is 11.3 Å². The van der Waals surface area contributed by atoms with E-state index in [1.165, 1.54) is 0 Å². The van der Waals surface area contributed by atoms with Crippen LogP contribution in [-0.2, 0) is 4.79 Å². The Morgan fingerprint density at radius 1 is 1.03 bits per heavy atom. The average Bonchev–Trinajstić information content (AvgIpc) is 3.23. The number of aromatic nitrogens is 2. The van der Waals surface area contributed by atoms with Crippen LogP contribution in [0.15, 0.2) is 60.7 Å². The van der Waals surface area contributed by atoms with E-state index in [9.17, 15) is 14.4 Å². The van der Waals surface area contributed by atoms with Gasteiger partial charge in [-0.3, -0.25) is 25.5 Å². The molecule has 0 bridgehead atoms. The number of nitrogens with two attached hydrogens (primary N) is 1. The number of aromatic amines is 1. The number of nitrogens with zero attached hydrogens (tertiary/aromatic N) is 1. The molecule has 3 aromatic rings. The molecule has 1 aromatic heterocycles. The quantitative estimate of drug-likeness (QED) is 0.385. The smallest absolute Gasteiger partial charge is 0.312 e. The normalized spacial score (nSPS) is 11.4. The number of carbonyl (C=O) groups is 3. The molecule has 0 fully saturated rings. The van der Waals surface area contributed by atoms with Crippen molar-refractivity contribution >= 4 is 29.4 Å². The van der Waals surface area contributed by atoms with Crippen molar-refractivity contribution in [2.24, 2.45) is 5.73 Å². The van der Waals surface area contributed by atoms with Crippen molar-refractivity contribution < 1.29 is 14.4 Å². The fourth-order valence-electron chi connectivity index (χ4n) is 2.74. The first-order valence-electron chi connectivity index (χ1n) is 8.94.